The summed E-state index contributed by atoms with van der Waals surface area (Å²) in [7, 11) is 1.99. The van der Waals surface area contributed by atoms with Gasteiger partial charge in [0.05, 0.1) is 36.2 Å². The number of nitrogens with zero attached hydrogens (tertiary/aromatic N) is 6. The third-order valence-electron chi connectivity index (χ3n) is 4.82. The second-order valence-electron chi connectivity index (χ2n) is 7.02. The first-order chi connectivity index (χ1) is 13.6. The summed E-state index contributed by atoms with van der Waals surface area (Å²) in [5.41, 5.74) is 6.46. The van der Waals surface area contributed by atoms with E-state index in [2.05, 4.69) is 41.2 Å². The molecule has 0 N–H and O–H groups in total. The van der Waals surface area contributed by atoms with Gasteiger partial charge in [0.25, 0.3) is 0 Å². The van der Waals surface area contributed by atoms with Gasteiger partial charge in [-0.05, 0) is 31.0 Å². The third kappa shape index (κ3) is 3.71. The van der Waals surface area contributed by atoms with E-state index >= 15 is 0 Å². The van der Waals surface area contributed by atoms with Crippen molar-refractivity contribution in [2.45, 2.75) is 33.2 Å². The molecule has 0 saturated carbocycles. The summed E-state index contributed by atoms with van der Waals surface area (Å²) >= 11 is 0. The zero-order valence-corrected chi connectivity index (χ0v) is 16.5. The second kappa shape index (κ2) is 7.76. The van der Waals surface area contributed by atoms with Crippen molar-refractivity contribution < 1.29 is 0 Å². The van der Waals surface area contributed by atoms with Crippen molar-refractivity contribution in [2.75, 3.05) is 0 Å². The van der Waals surface area contributed by atoms with Crippen molar-refractivity contribution in [3.63, 3.8) is 0 Å². The molecule has 28 heavy (non-hydrogen) atoms. The minimum Gasteiger partial charge on any atom is -0.336 e. The molecular formula is C22H24N6. The molecule has 0 saturated heterocycles. The van der Waals surface area contributed by atoms with Gasteiger partial charge < -0.3 is 4.57 Å². The Morgan fingerprint density at radius 3 is 2.71 bits per heavy atom. The SMILES string of the molecule is CCCc1cnc(C)nc1-c1cccc(-c2ccn(Cc3cncn3C)n2)c1. The molecule has 3 heterocycles. The third-order valence-corrected chi connectivity index (χ3v) is 4.82. The predicted octanol–water partition coefficient (Wildman–Crippen LogP) is 4.05. The highest BCUT2D eigenvalue weighted by Crippen LogP contribution is 2.27. The van der Waals surface area contributed by atoms with Crippen molar-refractivity contribution in [3.05, 3.63) is 72.3 Å². The van der Waals surface area contributed by atoms with Gasteiger partial charge in [0, 0.05) is 30.6 Å². The van der Waals surface area contributed by atoms with Gasteiger partial charge >= 0.3 is 0 Å². The molecule has 1 aromatic carbocycles. The maximum atomic E-state index is 4.75. The summed E-state index contributed by atoms with van der Waals surface area (Å²) in [4.78, 5) is 13.3. The van der Waals surface area contributed by atoms with E-state index in [0.717, 1.165) is 46.9 Å². The summed E-state index contributed by atoms with van der Waals surface area (Å²) in [6.07, 6.45) is 9.68. The molecule has 6 heteroatoms. The van der Waals surface area contributed by atoms with Crippen LogP contribution in [0.5, 0.6) is 0 Å². The molecule has 0 unspecified atom stereocenters. The average Bonchev–Trinajstić information content (AvgIpc) is 3.33. The fourth-order valence-electron chi connectivity index (χ4n) is 3.33. The smallest absolute Gasteiger partial charge is 0.125 e. The molecule has 0 spiro atoms. The van der Waals surface area contributed by atoms with E-state index in [1.807, 2.05) is 47.9 Å². The molecule has 0 radical (unpaired) electrons. The van der Waals surface area contributed by atoms with E-state index in [9.17, 15) is 0 Å². The topological polar surface area (TPSA) is 61.4 Å². The van der Waals surface area contributed by atoms with Crippen LogP contribution in [0, 0.1) is 6.92 Å². The van der Waals surface area contributed by atoms with Crippen LogP contribution in [0.25, 0.3) is 22.5 Å². The lowest BCUT2D eigenvalue weighted by Crippen LogP contribution is -2.04. The first kappa shape index (κ1) is 18.1. The summed E-state index contributed by atoms with van der Waals surface area (Å²) in [5, 5.41) is 4.75. The second-order valence-corrected chi connectivity index (χ2v) is 7.02. The highest BCUT2D eigenvalue weighted by molar-refractivity contribution is 5.70. The largest absolute Gasteiger partial charge is 0.336 e. The number of hydrogen-bond acceptors (Lipinski definition) is 4. The Hall–Kier alpha value is -3.28. The normalized spacial score (nSPS) is 11.1. The quantitative estimate of drug-likeness (QED) is 0.512. The lowest BCUT2D eigenvalue weighted by atomic mass is 10.0. The Balaban J connectivity index is 1.65. The zero-order chi connectivity index (χ0) is 19.5. The maximum Gasteiger partial charge on any atom is 0.125 e. The molecule has 4 rings (SSSR count). The first-order valence-corrected chi connectivity index (χ1v) is 9.56. The van der Waals surface area contributed by atoms with Gasteiger partial charge in [-0.25, -0.2) is 15.0 Å². The van der Waals surface area contributed by atoms with Gasteiger partial charge in [-0.15, -0.1) is 0 Å². The van der Waals surface area contributed by atoms with Gasteiger partial charge in [0.2, 0.25) is 0 Å². The predicted molar refractivity (Wildman–Crippen MR) is 110 cm³/mol. The van der Waals surface area contributed by atoms with Crippen LogP contribution in [0.3, 0.4) is 0 Å². The minimum atomic E-state index is 0.696. The number of aromatic nitrogens is 6. The van der Waals surface area contributed by atoms with E-state index in [1.54, 1.807) is 6.33 Å². The average molecular weight is 372 g/mol. The van der Waals surface area contributed by atoms with Crippen LogP contribution in [-0.4, -0.2) is 29.3 Å². The molecular weight excluding hydrogens is 348 g/mol. The van der Waals surface area contributed by atoms with Gasteiger partial charge in [0.15, 0.2) is 0 Å². The minimum absolute atomic E-state index is 0.696. The van der Waals surface area contributed by atoms with E-state index in [0.29, 0.717) is 6.54 Å². The molecule has 0 amide bonds. The monoisotopic (exact) mass is 372 g/mol. The highest BCUT2D eigenvalue weighted by Gasteiger charge is 2.11. The Morgan fingerprint density at radius 1 is 1.07 bits per heavy atom. The van der Waals surface area contributed by atoms with Crippen LogP contribution >= 0.6 is 0 Å². The van der Waals surface area contributed by atoms with Crippen LogP contribution in [0.15, 0.2) is 55.2 Å². The van der Waals surface area contributed by atoms with E-state index < -0.39 is 0 Å². The molecule has 0 atom stereocenters. The van der Waals surface area contributed by atoms with Crippen LogP contribution in [0.1, 0.15) is 30.4 Å². The molecule has 3 aromatic heterocycles. The molecule has 0 fully saturated rings. The number of benzene rings is 1. The zero-order valence-electron chi connectivity index (χ0n) is 16.5. The van der Waals surface area contributed by atoms with E-state index in [4.69, 9.17) is 10.1 Å². The molecule has 0 aliphatic rings. The van der Waals surface area contributed by atoms with Gasteiger partial charge in [-0.1, -0.05) is 31.5 Å². The molecule has 0 bridgehead atoms. The standard InChI is InChI=1S/C22H24N6/c1-4-6-19-12-24-16(2)25-22(19)18-8-5-7-17(11-18)21-9-10-28(26-21)14-20-13-23-15-27(20)3/h5,7-13,15H,4,6,14H2,1-3H3. The van der Waals surface area contributed by atoms with Crippen molar-refractivity contribution in [1.29, 1.82) is 0 Å². The van der Waals surface area contributed by atoms with Crippen molar-refractivity contribution in [3.8, 4) is 22.5 Å². The summed E-state index contributed by atoms with van der Waals surface area (Å²) in [6.45, 7) is 4.81. The van der Waals surface area contributed by atoms with Gasteiger partial charge in [-0.3, -0.25) is 4.68 Å². The van der Waals surface area contributed by atoms with Crippen molar-refractivity contribution in [1.82, 2.24) is 29.3 Å². The maximum absolute atomic E-state index is 4.75. The van der Waals surface area contributed by atoms with E-state index in [1.165, 1.54) is 5.56 Å². The fourth-order valence-corrected chi connectivity index (χ4v) is 3.33. The summed E-state index contributed by atoms with van der Waals surface area (Å²) in [6, 6.07) is 10.5. The van der Waals surface area contributed by atoms with E-state index in [-0.39, 0.29) is 0 Å². The number of aryl methyl sites for hydroxylation is 3. The number of hydrogen-bond donors (Lipinski definition) is 0. The first-order valence-electron chi connectivity index (χ1n) is 9.56. The Kier molecular flexibility index (Phi) is 5.02. The Morgan fingerprint density at radius 2 is 1.93 bits per heavy atom. The Bertz CT molecular complexity index is 1090. The van der Waals surface area contributed by atoms with Crippen LogP contribution in [-0.2, 0) is 20.0 Å². The fraction of sp³-hybridized carbons (Fsp3) is 0.273. The number of imidazole rings is 1. The molecule has 4 aromatic rings. The molecule has 142 valence electrons. The van der Waals surface area contributed by atoms with Gasteiger partial charge in [-0.2, -0.15) is 5.10 Å². The van der Waals surface area contributed by atoms with Crippen molar-refractivity contribution >= 4 is 0 Å². The summed E-state index contributed by atoms with van der Waals surface area (Å²) in [5.74, 6) is 0.792. The van der Waals surface area contributed by atoms with Crippen molar-refractivity contribution in [2.24, 2.45) is 7.05 Å². The summed E-state index contributed by atoms with van der Waals surface area (Å²) < 4.78 is 3.95. The molecule has 6 nitrogen and oxygen atoms in total. The van der Waals surface area contributed by atoms with Crippen LogP contribution < -0.4 is 0 Å². The van der Waals surface area contributed by atoms with Gasteiger partial charge in [0.1, 0.15) is 5.82 Å². The lowest BCUT2D eigenvalue weighted by Gasteiger charge is -2.09. The lowest BCUT2D eigenvalue weighted by molar-refractivity contribution is 0.650. The van der Waals surface area contributed by atoms with Crippen LogP contribution in [0.2, 0.25) is 0 Å². The van der Waals surface area contributed by atoms with Crippen LogP contribution in [0.4, 0.5) is 0 Å². The molecule has 0 aliphatic carbocycles. The molecule has 0 aliphatic heterocycles. The Labute approximate surface area is 164 Å². The number of rotatable bonds is 6. The highest BCUT2D eigenvalue weighted by atomic mass is 15.3.